The molecule has 1 amide bonds. The van der Waals surface area contributed by atoms with Crippen molar-refractivity contribution in [1.82, 2.24) is 9.78 Å². The van der Waals surface area contributed by atoms with Gasteiger partial charge in [0.15, 0.2) is 12.3 Å². The molecule has 3 aromatic carbocycles. The summed E-state index contributed by atoms with van der Waals surface area (Å²) in [5.41, 5.74) is 1.90. The van der Waals surface area contributed by atoms with Crippen molar-refractivity contribution in [2.45, 2.75) is 13.3 Å². The van der Waals surface area contributed by atoms with E-state index in [1.807, 2.05) is 25.1 Å². The second-order valence-electron chi connectivity index (χ2n) is 7.12. The molecule has 1 N–H and O–H groups in total. The summed E-state index contributed by atoms with van der Waals surface area (Å²) < 4.78 is 6.38. The van der Waals surface area contributed by atoms with E-state index < -0.39 is 18.5 Å². The highest BCUT2D eigenvalue weighted by Gasteiger charge is 2.19. The van der Waals surface area contributed by atoms with E-state index in [4.69, 9.17) is 4.74 Å². The van der Waals surface area contributed by atoms with Gasteiger partial charge in [-0.1, -0.05) is 55.5 Å². The van der Waals surface area contributed by atoms with E-state index in [1.165, 1.54) is 0 Å². The van der Waals surface area contributed by atoms with Gasteiger partial charge in [-0.15, -0.1) is 0 Å². The number of carbonyl (C=O) groups excluding carboxylic acids is 2. The van der Waals surface area contributed by atoms with Crippen molar-refractivity contribution in [2.75, 3.05) is 11.9 Å². The maximum absolute atomic E-state index is 12.9. The first kappa shape index (κ1) is 21.0. The van der Waals surface area contributed by atoms with Crippen molar-refractivity contribution in [3.05, 3.63) is 100 Å². The second kappa shape index (κ2) is 9.26. The Morgan fingerprint density at radius 2 is 1.56 bits per heavy atom. The van der Waals surface area contributed by atoms with Crippen molar-refractivity contribution in [3.63, 3.8) is 0 Å². The summed E-state index contributed by atoms with van der Waals surface area (Å²) in [4.78, 5) is 38.0. The Hall–Kier alpha value is -4.26. The van der Waals surface area contributed by atoms with Crippen LogP contribution in [0, 0.1) is 0 Å². The molecule has 0 saturated heterocycles. The molecule has 1 heterocycles. The molecule has 0 saturated carbocycles. The topological polar surface area (TPSA) is 90.3 Å². The zero-order valence-corrected chi connectivity index (χ0v) is 17.4. The molecule has 0 spiro atoms. The normalized spacial score (nSPS) is 10.7. The van der Waals surface area contributed by atoms with Gasteiger partial charge in [-0.05, 0) is 42.3 Å². The smallest absolute Gasteiger partial charge is 0.359 e. The number of nitrogens with one attached hydrogen (secondary N) is 1. The molecule has 160 valence electrons. The molecule has 0 atom stereocenters. The molecule has 0 radical (unpaired) electrons. The zero-order chi connectivity index (χ0) is 22.5. The van der Waals surface area contributed by atoms with Crippen molar-refractivity contribution in [2.24, 2.45) is 0 Å². The fourth-order valence-corrected chi connectivity index (χ4v) is 3.30. The SMILES string of the molecule is CCc1ccc(NC(=O)COC(=O)c2nn(-c3ccccc3)c(=O)c3ccccc23)cc1. The molecule has 7 nitrogen and oxygen atoms in total. The van der Waals surface area contributed by atoms with Crippen LogP contribution < -0.4 is 10.9 Å². The molecular weight excluding hydrogens is 406 g/mol. The van der Waals surface area contributed by atoms with Crippen LogP contribution in [0.15, 0.2) is 83.7 Å². The lowest BCUT2D eigenvalue weighted by molar-refractivity contribution is -0.119. The molecule has 0 aliphatic carbocycles. The van der Waals surface area contributed by atoms with E-state index in [0.29, 0.717) is 22.1 Å². The minimum absolute atomic E-state index is 0.0378. The van der Waals surface area contributed by atoms with E-state index in [0.717, 1.165) is 16.7 Å². The summed E-state index contributed by atoms with van der Waals surface area (Å²) in [6.07, 6.45) is 0.901. The number of fused-ring (bicyclic) bond motifs is 1. The zero-order valence-electron chi connectivity index (χ0n) is 17.4. The second-order valence-corrected chi connectivity index (χ2v) is 7.12. The summed E-state index contributed by atoms with van der Waals surface area (Å²) in [5, 5.41) is 7.64. The van der Waals surface area contributed by atoms with Crippen molar-refractivity contribution >= 4 is 28.3 Å². The number of ether oxygens (including phenoxy) is 1. The highest BCUT2D eigenvalue weighted by molar-refractivity contribution is 6.03. The van der Waals surface area contributed by atoms with Gasteiger partial charge < -0.3 is 10.1 Å². The van der Waals surface area contributed by atoms with Crippen LogP contribution in [0.25, 0.3) is 16.5 Å². The minimum atomic E-state index is -0.789. The number of para-hydroxylation sites is 1. The number of hydrogen-bond donors (Lipinski definition) is 1. The number of benzene rings is 3. The molecule has 1 aromatic heterocycles. The van der Waals surface area contributed by atoms with Crippen LogP contribution in [0.4, 0.5) is 5.69 Å². The molecule has 0 bridgehead atoms. The van der Waals surface area contributed by atoms with E-state index in [1.54, 1.807) is 60.7 Å². The Morgan fingerprint density at radius 1 is 0.906 bits per heavy atom. The number of esters is 1. The highest BCUT2D eigenvalue weighted by Crippen LogP contribution is 2.16. The Kier molecular flexibility index (Phi) is 6.07. The van der Waals surface area contributed by atoms with Gasteiger partial charge in [-0.2, -0.15) is 9.78 Å². The fraction of sp³-hybridized carbons (Fsp3) is 0.120. The summed E-state index contributed by atoms with van der Waals surface area (Å²) >= 11 is 0. The van der Waals surface area contributed by atoms with Crippen LogP contribution in [-0.4, -0.2) is 28.3 Å². The maximum Gasteiger partial charge on any atom is 0.359 e. The number of aromatic nitrogens is 2. The number of aryl methyl sites for hydroxylation is 1. The Balaban J connectivity index is 1.57. The predicted octanol–water partition coefficient (Wildman–Crippen LogP) is 3.74. The summed E-state index contributed by atoms with van der Waals surface area (Å²) in [5.74, 6) is -1.26. The monoisotopic (exact) mass is 427 g/mol. The first-order valence-electron chi connectivity index (χ1n) is 10.2. The molecule has 0 unspecified atom stereocenters. The van der Waals surface area contributed by atoms with E-state index in [2.05, 4.69) is 10.4 Å². The molecule has 0 aliphatic heterocycles. The fourth-order valence-electron chi connectivity index (χ4n) is 3.30. The van der Waals surface area contributed by atoms with Crippen LogP contribution in [-0.2, 0) is 16.0 Å². The average Bonchev–Trinajstić information content (AvgIpc) is 2.84. The summed E-state index contributed by atoms with van der Waals surface area (Å²) in [6.45, 7) is 1.57. The molecule has 0 aliphatic rings. The molecule has 7 heteroatoms. The first-order valence-corrected chi connectivity index (χ1v) is 10.2. The van der Waals surface area contributed by atoms with Crippen LogP contribution >= 0.6 is 0 Å². The number of hydrogen-bond acceptors (Lipinski definition) is 5. The molecule has 0 fully saturated rings. The summed E-state index contributed by atoms with van der Waals surface area (Å²) in [6, 6.07) is 22.9. The number of anilines is 1. The lowest BCUT2D eigenvalue weighted by Crippen LogP contribution is -2.26. The van der Waals surface area contributed by atoms with E-state index in [-0.39, 0.29) is 11.3 Å². The lowest BCUT2D eigenvalue weighted by atomic mass is 10.1. The highest BCUT2D eigenvalue weighted by atomic mass is 16.5. The van der Waals surface area contributed by atoms with Gasteiger partial charge in [0.25, 0.3) is 11.5 Å². The van der Waals surface area contributed by atoms with E-state index >= 15 is 0 Å². The third kappa shape index (κ3) is 4.41. The Bertz CT molecular complexity index is 1330. The molecular formula is C25H21N3O4. The van der Waals surface area contributed by atoms with E-state index in [9.17, 15) is 14.4 Å². The summed E-state index contributed by atoms with van der Waals surface area (Å²) in [7, 11) is 0. The number of amides is 1. The van der Waals surface area contributed by atoms with Gasteiger partial charge in [-0.25, -0.2) is 4.79 Å². The minimum Gasteiger partial charge on any atom is -0.451 e. The third-order valence-corrected chi connectivity index (χ3v) is 4.98. The van der Waals surface area contributed by atoms with Gasteiger partial charge in [0.1, 0.15) is 0 Å². The van der Waals surface area contributed by atoms with Crippen molar-refractivity contribution < 1.29 is 14.3 Å². The van der Waals surface area contributed by atoms with Crippen LogP contribution in [0.5, 0.6) is 0 Å². The lowest BCUT2D eigenvalue weighted by Gasteiger charge is -2.11. The quantitative estimate of drug-likeness (QED) is 0.474. The number of rotatable bonds is 6. The molecule has 4 aromatic rings. The Morgan fingerprint density at radius 3 is 2.25 bits per heavy atom. The van der Waals surface area contributed by atoms with Gasteiger partial charge in [-0.3, -0.25) is 9.59 Å². The van der Waals surface area contributed by atoms with Crippen LogP contribution in [0.2, 0.25) is 0 Å². The Labute approximate surface area is 184 Å². The largest absolute Gasteiger partial charge is 0.451 e. The van der Waals surface area contributed by atoms with Gasteiger partial charge in [0.2, 0.25) is 0 Å². The standard InChI is InChI=1S/C25H21N3O4/c1-2-17-12-14-18(15-13-17)26-22(29)16-32-25(31)23-20-10-6-7-11-21(20)24(30)28(27-23)19-8-4-3-5-9-19/h3-15H,2,16H2,1H3,(H,26,29). The van der Waals surface area contributed by atoms with Gasteiger partial charge in [0, 0.05) is 11.1 Å². The number of nitrogens with zero attached hydrogens (tertiary/aromatic N) is 2. The third-order valence-electron chi connectivity index (χ3n) is 4.98. The van der Waals surface area contributed by atoms with Crippen molar-refractivity contribution in [3.8, 4) is 5.69 Å². The first-order chi connectivity index (χ1) is 15.6. The van der Waals surface area contributed by atoms with Gasteiger partial charge in [0.05, 0.1) is 11.1 Å². The van der Waals surface area contributed by atoms with Crippen LogP contribution in [0.3, 0.4) is 0 Å². The number of carbonyl (C=O) groups is 2. The molecule has 32 heavy (non-hydrogen) atoms. The predicted molar refractivity (Wildman–Crippen MR) is 122 cm³/mol. The van der Waals surface area contributed by atoms with Crippen LogP contribution in [0.1, 0.15) is 23.0 Å². The maximum atomic E-state index is 12.9. The van der Waals surface area contributed by atoms with Crippen molar-refractivity contribution in [1.29, 1.82) is 0 Å². The van der Waals surface area contributed by atoms with Gasteiger partial charge >= 0.3 is 5.97 Å². The molecule has 4 rings (SSSR count). The average molecular weight is 427 g/mol.